The van der Waals surface area contributed by atoms with Crippen molar-refractivity contribution in [1.82, 2.24) is 4.98 Å². The van der Waals surface area contributed by atoms with Gasteiger partial charge in [-0.25, -0.2) is 4.98 Å². The van der Waals surface area contributed by atoms with Gasteiger partial charge < -0.3 is 10.4 Å². The number of thiazole rings is 1. The molecule has 0 saturated heterocycles. The quantitative estimate of drug-likeness (QED) is 0.791. The molecule has 0 spiro atoms. The van der Waals surface area contributed by atoms with Crippen molar-refractivity contribution in [3.05, 3.63) is 23.2 Å². The molecule has 1 aliphatic carbocycles. The fourth-order valence-corrected chi connectivity index (χ4v) is 2.89. The van der Waals surface area contributed by atoms with E-state index >= 15 is 0 Å². The summed E-state index contributed by atoms with van der Waals surface area (Å²) in [5.74, 6) is -0.723. The number of hydrogen-bond donors (Lipinski definition) is 2. The summed E-state index contributed by atoms with van der Waals surface area (Å²) >= 11 is 1.39. The highest BCUT2D eigenvalue weighted by Crippen LogP contribution is 2.22. The van der Waals surface area contributed by atoms with Gasteiger partial charge in [0.2, 0.25) is 5.91 Å². The number of aryl methyl sites for hydroxylation is 1. The summed E-state index contributed by atoms with van der Waals surface area (Å²) in [5, 5.41) is 13.9. The van der Waals surface area contributed by atoms with E-state index in [9.17, 15) is 9.59 Å². The first kappa shape index (κ1) is 14.7. The largest absolute Gasteiger partial charge is 0.481 e. The highest BCUT2D eigenvalue weighted by Gasteiger charge is 2.19. The predicted octanol–water partition coefficient (Wildman–Crippen LogP) is 2.85. The molecule has 1 aliphatic rings. The predicted molar refractivity (Wildman–Crippen MR) is 77.8 cm³/mol. The van der Waals surface area contributed by atoms with Gasteiger partial charge in [0.1, 0.15) is 0 Å². The smallest absolute Gasteiger partial charge is 0.303 e. The number of aliphatic carboxylic acids is 1. The van der Waals surface area contributed by atoms with Crippen molar-refractivity contribution in [3.63, 3.8) is 0 Å². The van der Waals surface area contributed by atoms with Gasteiger partial charge in [0.05, 0.1) is 5.69 Å². The van der Waals surface area contributed by atoms with E-state index in [0.717, 1.165) is 25.0 Å². The summed E-state index contributed by atoms with van der Waals surface area (Å²) in [4.78, 5) is 26.8. The minimum atomic E-state index is -0.792. The van der Waals surface area contributed by atoms with Crippen LogP contribution in [0.25, 0.3) is 0 Å². The zero-order valence-electron chi connectivity index (χ0n) is 11.2. The number of aromatic nitrogens is 1. The first-order valence-corrected chi connectivity index (χ1v) is 7.65. The van der Waals surface area contributed by atoms with Gasteiger partial charge in [-0.1, -0.05) is 12.2 Å². The Morgan fingerprint density at radius 2 is 2.30 bits per heavy atom. The number of amides is 1. The van der Waals surface area contributed by atoms with E-state index in [0.29, 0.717) is 18.0 Å². The van der Waals surface area contributed by atoms with Gasteiger partial charge in [0.25, 0.3) is 0 Å². The van der Waals surface area contributed by atoms with E-state index in [1.54, 1.807) is 0 Å². The molecule has 5 nitrogen and oxygen atoms in total. The monoisotopic (exact) mass is 294 g/mol. The third-order valence-electron chi connectivity index (χ3n) is 3.25. The average Bonchev–Trinajstić information content (AvgIpc) is 2.87. The lowest BCUT2D eigenvalue weighted by atomic mass is 9.94. The number of carboxylic acid groups (broad SMARTS) is 1. The van der Waals surface area contributed by atoms with Crippen LogP contribution in [0, 0.1) is 5.92 Å². The molecule has 20 heavy (non-hydrogen) atoms. The number of carbonyl (C=O) groups excluding carboxylic acids is 1. The van der Waals surface area contributed by atoms with Gasteiger partial charge in [-0.15, -0.1) is 11.3 Å². The van der Waals surface area contributed by atoms with Crippen molar-refractivity contribution in [3.8, 4) is 0 Å². The van der Waals surface area contributed by atoms with Crippen molar-refractivity contribution >= 4 is 28.3 Å². The van der Waals surface area contributed by atoms with Crippen molar-refractivity contribution in [2.45, 2.75) is 38.5 Å². The second-order valence-electron chi connectivity index (χ2n) is 4.86. The number of carboxylic acids is 1. The Bertz CT molecular complexity index is 510. The molecule has 6 heteroatoms. The molecule has 1 aromatic rings. The van der Waals surface area contributed by atoms with Crippen LogP contribution in [0.5, 0.6) is 0 Å². The summed E-state index contributed by atoms with van der Waals surface area (Å²) in [6, 6.07) is 0. The van der Waals surface area contributed by atoms with Crippen LogP contribution in [0.3, 0.4) is 0 Å². The van der Waals surface area contributed by atoms with Gasteiger partial charge in [-0.2, -0.15) is 0 Å². The molecule has 0 saturated carbocycles. The number of rotatable bonds is 6. The third-order valence-corrected chi connectivity index (χ3v) is 4.05. The van der Waals surface area contributed by atoms with E-state index in [-0.39, 0.29) is 18.2 Å². The molecule has 0 aromatic carbocycles. The van der Waals surface area contributed by atoms with Crippen LogP contribution in [-0.4, -0.2) is 22.0 Å². The van der Waals surface area contributed by atoms with E-state index < -0.39 is 5.97 Å². The van der Waals surface area contributed by atoms with Crippen molar-refractivity contribution in [1.29, 1.82) is 0 Å². The van der Waals surface area contributed by atoms with Crippen LogP contribution in [0.15, 0.2) is 17.5 Å². The lowest BCUT2D eigenvalue weighted by Crippen LogP contribution is -2.23. The summed E-state index contributed by atoms with van der Waals surface area (Å²) in [6.07, 6.45) is 8.14. The minimum Gasteiger partial charge on any atom is -0.481 e. The average molecular weight is 294 g/mol. The number of hydrogen-bond acceptors (Lipinski definition) is 4. The second-order valence-corrected chi connectivity index (χ2v) is 5.72. The zero-order chi connectivity index (χ0) is 14.4. The molecular weight excluding hydrogens is 276 g/mol. The molecule has 108 valence electrons. The topological polar surface area (TPSA) is 79.3 Å². The molecule has 2 N–H and O–H groups in total. The van der Waals surface area contributed by atoms with E-state index in [1.807, 2.05) is 11.5 Å². The molecule has 0 aliphatic heterocycles. The zero-order valence-corrected chi connectivity index (χ0v) is 12.0. The molecule has 0 radical (unpaired) electrons. The Labute approximate surface area is 121 Å². The molecule has 1 heterocycles. The lowest BCUT2D eigenvalue weighted by molar-refractivity contribution is -0.137. The van der Waals surface area contributed by atoms with Gasteiger partial charge in [-0.05, 0) is 32.1 Å². The van der Waals surface area contributed by atoms with Crippen LogP contribution >= 0.6 is 11.3 Å². The Kier molecular flexibility index (Phi) is 5.29. The fraction of sp³-hybridized carbons (Fsp3) is 0.500. The van der Waals surface area contributed by atoms with E-state index in [4.69, 9.17) is 5.11 Å². The normalized spacial score (nSPS) is 17.9. The summed E-state index contributed by atoms with van der Waals surface area (Å²) in [7, 11) is 0. The van der Waals surface area contributed by atoms with Crippen molar-refractivity contribution in [2.75, 3.05) is 5.32 Å². The first-order chi connectivity index (χ1) is 9.65. The van der Waals surface area contributed by atoms with Crippen LogP contribution in [0.2, 0.25) is 0 Å². The number of nitrogens with zero attached hydrogens (tertiary/aromatic N) is 1. The highest BCUT2D eigenvalue weighted by molar-refractivity contribution is 7.13. The number of nitrogens with one attached hydrogen (secondary N) is 1. The maximum Gasteiger partial charge on any atom is 0.303 e. The van der Waals surface area contributed by atoms with Crippen LogP contribution in [-0.2, 0) is 16.0 Å². The number of carbonyl (C=O) groups is 2. The minimum absolute atomic E-state index is 0.0285. The second kappa shape index (κ2) is 7.19. The lowest BCUT2D eigenvalue weighted by Gasteiger charge is -2.15. The fourth-order valence-electron chi connectivity index (χ4n) is 2.14. The third kappa shape index (κ3) is 4.45. The Morgan fingerprint density at radius 1 is 1.45 bits per heavy atom. The summed E-state index contributed by atoms with van der Waals surface area (Å²) in [5.41, 5.74) is 0.843. The Hall–Kier alpha value is -1.69. The molecule has 1 unspecified atom stereocenters. The van der Waals surface area contributed by atoms with E-state index in [2.05, 4.69) is 16.4 Å². The SMILES string of the molecule is O=C(O)CCCc1csc(NC(=O)C2CC=CCC2)n1. The Balaban J connectivity index is 1.81. The van der Waals surface area contributed by atoms with Gasteiger partial charge in [-0.3, -0.25) is 9.59 Å². The maximum absolute atomic E-state index is 12.0. The van der Waals surface area contributed by atoms with E-state index in [1.165, 1.54) is 11.3 Å². The van der Waals surface area contributed by atoms with Gasteiger partial charge in [0, 0.05) is 17.7 Å². The molecule has 1 atom stereocenters. The summed E-state index contributed by atoms with van der Waals surface area (Å²) in [6.45, 7) is 0. The Morgan fingerprint density at radius 3 is 3.00 bits per heavy atom. The maximum atomic E-state index is 12.0. The standard InChI is InChI=1S/C14H18N2O3S/c17-12(18)8-4-7-11-9-20-14(15-11)16-13(19)10-5-2-1-3-6-10/h1-2,9-10H,3-8H2,(H,17,18)(H,15,16,19). The summed E-state index contributed by atoms with van der Waals surface area (Å²) < 4.78 is 0. The molecule has 0 fully saturated rings. The molecular formula is C14H18N2O3S. The number of anilines is 1. The number of allylic oxidation sites excluding steroid dienone is 2. The highest BCUT2D eigenvalue weighted by atomic mass is 32.1. The van der Waals surface area contributed by atoms with Crippen LogP contribution in [0.1, 0.15) is 37.8 Å². The first-order valence-electron chi connectivity index (χ1n) is 6.77. The van der Waals surface area contributed by atoms with Crippen LogP contribution < -0.4 is 5.32 Å². The van der Waals surface area contributed by atoms with Crippen molar-refractivity contribution < 1.29 is 14.7 Å². The molecule has 1 amide bonds. The molecule has 1 aromatic heterocycles. The van der Waals surface area contributed by atoms with Gasteiger partial charge >= 0.3 is 5.97 Å². The van der Waals surface area contributed by atoms with Crippen LogP contribution in [0.4, 0.5) is 5.13 Å². The van der Waals surface area contributed by atoms with Crippen molar-refractivity contribution in [2.24, 2.45) is 5.92 Å². The molecule has 2 rings (SSSR count). The molecule has 0 bridgehead atoms. The van der Waals surface area contributed by atoms with Gasteiger partial charge in [0.15, 0.2) is 5.13 Å².